The van der Waals surface area contributed by atoms with E-state index in [4.69, 9.17) is 5.65 Å². The molecule has 0 atom stereocenters. The number of likely N-dealkylation sites (N-methyl/N-ethyl adjacent to an activating group) is 2. The van der Waals surface area contributed by atoms with Crippen LogP contribution in [0, 0.1) is 0 Å². The van der Waals surface area contributed by atoms with E-state index in [2.05, 4.69) is 110 Å². The first-order valence-electron chi connectivity index (χ1n) is 10.4. The van der Waals surface area contributed by atoms with Crippen molar-refractivity contribution in [2.75, 3.05) is 79.5 Å². The van der Waals surface area contributed by atoms with Gasteiger partial charge in [0.05, 0.1) is 0 Å². The van der Waals surface area contributed by atoms with Crippen molar-refractivity contribution in [1.29, 1.82) is 0 Å². The summed E-state index contributed by atoms with van der Waals surface area (Å²) in [6.07, 6.45) is 0. The third-order valence-electron chi connectivity index (χ3n) is 2.29. The van der Waals surface area contributed by atoms with E-state index >= 15 is 0 Å². The Bertz CT molecular complexity index is 389. The van der Waals surface area contributed by atoms with Crippen LogP contribution in [0.25, 0.3) is 0 Å². The number of hydrogen-bond acceptors (Lipinski definition) is 14. The molecule has 30 heavy (non-hydrogen) atoms. The molecular formula is C12H36B4N10S4. The van der Waals surface area contributed by atoms with Crippen LogP contribution in [0.5, 0.6) is 0 Å². The Morgan fingerprint density at radius 1 is 0.500 bits per heavy atom. The second-order valence-corrected chi connectivity index (χ2v) is 5.28. The van der Waals surface area contributed by atoms with Crippen LogP contribution in [-0.4, -0.2) is 110 Å². The number of nitrogens with one attached hydrogen (secondary N) is 6. The predicted molar refractivity (Wildman–Crippen MR) is 148 cm³/mol. The molecule has 0 bridgehead atoms. The van der Waals surface area contributed by atoms with Gasteiger partial charge in [0, 0.05) is 65.4 Å². The zero-order valence-corrected chi connectivity index (χ0v) is 21.3. The normalized spacial score (nSPS) is 10.7. The summed E-state index contributed by atoms with van der Waals surface area (Å²) < 4.78 is 41.7. The van der Waals surface area contributed by atoms with Gasteiger partial charge in [0.2, 0.25) is 0 Å². The second kappa shape index (κ2) is 57.1. The summed E-state index contributed by atoms with van der Waals surface area (Å²) in [7, 11) is 21.0. The first kappa shape index (κ1) is 30.6. The van der Waals surface area contributed by atoms with Gasteiger partial charge in [-0.3, -0.25) is 0 Å². The van der Waals surface area contributed by atoms with E-state index in [1.165, 1.54) is 21.2 Å². The fourth-order valence-electron chi connectivity index (χ4n) is 1.25. The average molecular weight is 496 g/mol. The minimum atomic E-state index is 0.470. The molecule has 0 rings (SSSR count). The van der Waals surface area contributed by atoms with Gasteiger partial charge in [-0.2, -0.15) is 0 Å². The van der Waals surface area contributed by atoms with Gasteiger partial charge < -0.3 is 31.9 Å². The number of thiol groups is 4. The molecule has 0 aliphatic carbocycles. The summed E-state index contributed by atoms with van der Waals surface area (Å²) in [5.41, 5.74) is 0. The summed E-state index contributed by atoms with van der Waals surface area (Å²) in [5.74, 6) is 0. The van der Waals surface area contributed by atoms with E-state index < -0.39 is 0 Å². The predicted octanol–water partition coefficient (Wildman–Crippen LogP) is -1.48. The van der Waals surface area contributed by atoms with Crippen molar-refractivity contribution < 1.29 is 5.65 Å². The first-order chi connectivity index (χ1) is 16.1. The maximum absolute atomic E-state index is 7.79. The summed E-state index contributed by atoms with van der Waals surface area (Å²) in [6, 6.07) is 0. The molecule has 0 saturated carbocycles. The molecule has 170 valence electrons. The SMILES string of the molecule is [2H]N(CCNC)CCN([2H])CCN([2H])CCN([2H])CCNC.[B]=NS.[B]=NS.[B]=NS.[B]=NS. The van der Waals surface area contributed by atoms with Crippen LogP contribution in [0.3, 0.4) is 0 Å². The third kappa shape index (κ3) is 89.5. The zero-order valence-electron chi connectivity index (χ0n) is 21.7. The standard InChI is InChI=1S/C12H32N6.4BHNS/c1-13-3-5-15-7-9-17-11-12-18-10-8-16-6-4-14-2;4*1-2-3/h13-18H,3-12H2,1-2H3;4*3H/i/hD4. The van der Waals surface area contributed by atoms with Crippen molar-refractivity contribution in [3.63, 3.8) is 0 Å². The molecule has 0 aliphatic heterocycles. The molecular weight excluding hydrogens is 456 g/mol. The summed E-state index contributed by atoms with van der Waals surface area (Å²) in [6.45, 7) is 5.78. The molecule has 18 heteroatoms. The quantitative estimate of drug-likeness (QED) is 0.0999. The molecule has 0 fully saturated rings. The Balaban J connectivity index is -0.000000194. The molecule has 0 saturated heterocycles. The molecule has 0 amide bonds. The third-order valence-corrected chi connectivity index (χ3v) is 2.29. The fraction of sp³-hybridized carbons (Fsp3) is 1.00. The van der Waals surface area contributed by atoms with E-state index in [1.807, 2.05) is 14.1 Å². The number of rotatable bonds is 15. The van der Waals surface area contributed by atoms with Gasteiger partial charge in [0.25, 0.3) is 0 Å². The summed E-state index contributed by atoms with van der Waals surface area (Å²) in [4.78, 5) is 0. The molecule has 6 N–H and O–H groups in total. The Morgan fingerprint density at radius 2 is 0.633 bits per heavy atom. The van der Waals surface area contributed by atoms with Crippen LogP contribution in [0.2, 0.25) is 5.65 Å². The van der Waals surface area contributed by atoms with Gasteiger partial charge in [-0.25, -0.2) is 0 Å². The molecule has 10 nitrogen and oxygen atoms in total. The Hall–Kier alpha value is 0.620. The van der Waals surface area contributed by atoms with Crippen molar-refractivity contribution in [1.82, 2.24) is 31.9 Å². The van der Waals surface area contributed by atoms with Gasteiger partial charge >= 0.3 is 99.0 Å². The first-order valence-corrected chi connectivity index (χ1v) is 10.2. The van der Waals surface area contributed by atoms with Crippen molar-refractivity contribution in [2.45, 2.75) is 0 Å². The van der Waals surface area contributed by atoms with E-state index in [0.29, 0.717) is 52.4 Å². The van der Waals surface area contributed by atoms with Crippen LogP contribution >= 0.6 is 51.3 Å². The van der Waals surface area contributed by atoms with Crippen LogP contribution < -0.4 is 31.9 Å². The van der Waals surface area contributed by atoms with E-state index in [1.54, 1.807) is 0 Å². The Labute approximate surface area is 215 Å². The molecule has 0 unspecified atom stereocenters. The zero-order chi connectivity index (χ0) is 27.6. The van der Waals surface area contributed by atoms with Crippen LogP contribution in [0.15, 0.2) is 17.2 Å². The topological polar surface area (TPSA) is 122 Å². The molecule has 0 aromatic carbocycles. The fourth-order valence-corrected chi connectivity index (χ4v) is 1.25. The maximum atomic E-state index is 7.79. The second-order valence-electron chi connectivity index (χ2n) is 4.35. The monoisotopic (exact) mass is 496 g/mol. The van der Waals surface area contributed by atoms with Crippen molar-refractivity contribution >= 4 is 81.8 Å². The van der Waals surface area contributed by atoms with Gasteiger partial charge in [-0.1, -0.05) is 0 Å². The van der Waals surface area contributed by atoms with Gasteiger partial charge in [0.1, 0.15) is 5.65 Å². The van der Waals surface area contributed by atoms with Gasteiger partial charge in [-0.05, 0) is 14.1 Å². The van der Waals surface area contributed by atoms with Crippen molar-refractivity contribution in [3.05, 3.63) is 0 Å². The number of hydrogen-bond donors (Lipinski definition) is 10. The molecule has 0 heterocycles. The van der Waals surface area contributed by atoms with Crippen LogP contribution in [0.4, 0.5) is 0 Å². The van der Waals surface area contributed by atoms with E-state index in [-0.39, 0.29) is 0 Å². The summed E-state index contributed by atoms with van der Waals surface area (Å²) >= 11 is 12.8. The van der Waals surface area contributed by atoms with Gasteiger partial charge in [0.15, 0.2) is 0 Å². The number of nitrogens with zero attached hydrogens (tertiary/aromatic N) is 4. The molecule has 4 radical (unpaired) electrons. The van der Waals surface area contributed by atoms with Crippen molar-refractivity contribution in [2.24, 2.45) is 17.2 Å². The molecule has 0 aromatic rings. The van der Waals surface area contributed by atoms with E-state index in [9.17, 15) is 0 Å². The van der Waals surface area contributed by atoms with Crippen molar-refractivity contribution in [3.8, 4) is 0 Å². The molecule has 0 aromatic heterocycles. The van der Waals surface area contributed by atoms with Crippen LogP contribution in [-0.2, 0) is 0 Å². The average Bonchev–Trinajstić information content (AvgIpc) is 2.79. The Morgan fingerprint density at radius 3 is 0.767 bits per heavy atom. The van der Waals surface area contributed by atoms with Gasteiger partial charge in [-0.15, -0.1) is 0 Å². The Kier molecular flexibility index (Phi) is 58.2. The molecule has 0 spiro atoms. The van der Waals surface area contributed by atoms with E-state index in [0.717, 1.165) is 13.1 Å². The van der Waals surface area contributed by atoms with Crippen LogP contribution in [0.1, 0.15) is 0 Å². The summed E-state index contributed by atoms with van der Waals surface area (Å²) in [5, 5.41) is 11.6. The minimum absolute atomic E-state index is 0.470. The molecule has 0 aliphatic rings.